The lowest BCUT2D eigenvalue weighted by atomic mass is 10.3. The minimum atomic E-state index is -3.34. The lowest BCUT2D eigenvalue weighted by molar-refractivity contribution is 0.435. The zero-order valence-electron chi connectivity index (χ0n) is 11.5. The molecule has 1 saturated heterocycles. The average molecular weight is 311 g/mol. The van der Waals surface area contributed by atoms with Crippen LogP contribution in [0.4, 0.5) is 0 Å². The molecule has 0 N–H and O–H groups in total. The highest BCUT2D eigenvalue weighted by Gasteiger charge is 2.34. The second-order valence-corrected chi connectivity index (χ2v) is 8.32. The van der Waals surface area contributed by atoms with E-state index in [1.165, 1.54) is 11.3 Å². The van der Waals surface area contributed by atoms with Crippen molar-refractivity contribution in [3.05, 3.63) is 35.0 Å². The van der Waals surface area contributed by atoms with Gasteiger partial charge in [0, 0.05) is 19.3 Å². The van der Waals surface area contributed by atoms with E-state index in [4.69, 9.17) is 0 Å². The van der Waals surface area contributed by atoms with Crippen molar-refractivity contribution in [3.63, 3.8) is 0 Å². The van der Waals surface area contributed by atoms with Gasteiger partial charge in [-0.15, -0.1) is 11.3 Å². The number of rotatable bonds is 3. The molecule has 3 rings (SSSR count). The monoisotopic (exact) mass is 311 g/mol. The van der Waals surface area contributed by atoms with Crippen molar-refractivity contribution in [2.75, 3.05) is 13.1 Å². The minimum absolute atomic E-state index is 0.138. The van der Waals surface area contributed by atoms with Crippen LogP contribution in [0.15, 0.2) is 28.0 Å². The summed E-state index contributed by atoms with van der Waals surface area (Å²) >= 11 is 1.29. The van der Waals surface area contributed by atoms with Gasteiger partial charge in [-0.1, -0.05) is 0 Å². The van der Waals surface area contributed by atoms with Gasteiger partial charge in [0.2, 0.25) is 0 Å². The van der Waals surface area contributed by atoms with E-state index < -0.39 is 10.0 Å². The molecule has 0 spiro atoms. The largest absolute Gasteiger partial charge is 0.268 e. The first-order valence-corrected chi connectivity index (χ1v) is 8.85. The molecule has 0 aliphatic carbocycles. The Labute approximate surface area is 122 Å². The highest BCUT2D eigenvalue weighted by atomic mass is 32.2. The van der Waals surface area contributed by atoms with E-state index in [1.54, 1.807) is 16.6 Å². The second-order valence-electron chi connectivity index (χ2n) is 5.25. The highest BCUT2D eigenvalue weighted by molar-refractivity contribution is 7.91. The van der Waals surface area contributed by atoms with Crippen molar-refractivity contribution in [1.29, 1.82) is 0 Å². The van der Waals surface area contributed by atoms with Gasteiger partial charge in [0.1, 0.15) is 4.21 Å². The topological polar surface area (TPSA) is 55.2 Å². The van der Waals surface area contributed by atoms with Crippen LogP contribution in [0.5, 0.6) is 0 Å². The molecule has 108 valence electrons. The first-order chi connectivity index (χ1) is 9.46. The maximum absolute atomic E-state index is 12.5. The standard InChI is InChI=1S/C13H17N3O2S2/c1-10-5-13(19-9-10)20(17,18)15-4-3-12(8-15)16-7-11(2)6-14-16/h5-7,9,12H,3-4,8H2,1-2H3. The maximum Gasteiger partial charge on any atom is 0.252 e. The lowest BCUT2D eigenvalue weighted by Crippen LogP contribution is -2.28. The van der Waals surface area contributed by atoms with E-state index in [1.807, 2.05) is 30.1 Å². The summed E-state index contributed by atoms with van der Waals surface area (Å²) < 4.78 is 29.0. The number of aryl methyl sites for hydroxylation is 2. The molecule has 0 amide bonds. The van der Waals surface area contributed by atoms with Crippen LogP contribution >= 0.6 is 11.3 Å². The average Bonchev–Trinajstić information content (AvgIpc) is 3.07. The van der Waals surface area contributed by atoms with Gasteiger partial charge in [0.15, 0.2) is 0 Å². The summed E-state index contributed by atoms with van der Waals surface area (Å²) in [6, 6.07) is 1.88. The first-order valence-electron chi connectivity index (χ1n) is 6.53. The van der Waals surface area contributed by atoms with E-state index in [0.717, 1.165) is 17.5 Å². The number of sulfonamides is 1. The van der Waals surface area contributed by atoms with Crippen LogP contribution in [-0.2, 0) is 10.0 Å². The van der Waals surface area contributed by atoms with Crippen molar-refractivity contribution in [2.45, 2.75) is 30.5 Å². The zero-order valence-corrected chi connectivity index (χ0v) is 13.1. The molecule has 20 heavy (non-hydrogen) atoms. The molecule has 7 heteroatoms. The van der Waals surface area contributed by atoms with E-state index in [2.05, 4.69) is 5.10 Å². The van der Waals surface area contributed by atoms with Gasteiger partial charge < -0.3 is 0 Å². The van der Waals surface area contributed by atoms with Crippen LogP contribution in [0.3, 0.4) is 0 Å². The molecule has 3 heterocycles. The first kappa shape index (κ1) is 13.8. The minimum Gasteiger partial charge on any atom is -0.268 e. The molecular formula is C13H17N3O2S2. The number of nitrogens with zero attached hydrogens (tertiary/aromatic N) is 3. The molecule has 5 nitrogen and oxygen atoms in total. The Hall–Kier alpha value is -1.18. The van der Waals surface area contributed by atoms with Gasteiger partial charge in [-0.3, -0.25) is 4.68 Å². The SMILES string of the molecule is Cc1csc(S(=O)(=O)N2CCC(n3cc(C)cn3)C2)c1. The molecule has 0 aromatic carbocycles. The third-order valence-electron chi connectivity index (χ3n) is 3.53. The zero-order chi connectivity index (χ0) is 14.3. The maximum atomic E-state index is 12.5. The lowest BCUT2D eigenvalue weighted by Gasteiger charge is -2.15. The van der Waals surface area contributed by atoms with Crippen molar-refractivity contribution in [1.82, 2.24) is 14.1 Å². The van der Waals surface area contributed by atoms with E-state index in [9.17, 15) is 8.42 Å². The fourth-order valence-corrected chi connectivity index (χ4v) is 5.32. The van der Waals surface area contributed by atoms with E-state index in [0.29, 0.717) is 17.3 Å². The van der Waals surface area contributed by atoms with E-state index >= 15 is 0 Å². The van der Waals surface area contributed by atoms with Crippen molar-refractivity contribution in [3.8, 4) is 0 Å². The van der Waals surface area contributed by atoms with Gasteiger partial charge >= 0.3 is 0 Å². The molecule has 0 radical (unpaired) electrons. The van der Waals surface area contributed by atoms with Crippen molar-refractivity contribution < 1.29 is 8.42 Å². The number of hydrogen-bond donors (Lipinski definition) is 0. The van der Waals surface area contributed by atoms with Crippen LogP contribution in [0.25, 0.3) is 0 Å². The Morgan fingerprint density at radius 3 is 2.75 bits per heavy atom. The van der Waals surface area contributed by atoms with Crippen LogP contribution in [0.2, 0.25) is 0 Å². The fraction of sp³-hybridized carbons (Fsp3) is 0.462. The summed E-state index contributed by atoms with van der Waals surface area (Å²) in [5.74, 6) is 0. The predicted octanol–water partition coefficient (Wildman–Crippen LogP) is 2.20. The quantitative estimate of drug-likeness (QED) is 0.873. The van der Waals surface area contributed by atoms with E-state index in [-0.39, 0.29) is 6.04 Å². The van der Waals surface area contributed by atoms with Crippen LogP contribution in [0.1, 0.15) is 23.6 Å². The van der Waals surface area contributed by atoms with Crippen LogP contribution < -0.4 is 0 Å². The predicted molar refractivity (Wildman–Crippen MR) is 78.4 cm³/mol. The Morgan fingerprint density at radius 1 is 1.35 bits per heavy atom. The Kier molecular flexibility index (Phi) is 3.43. The molecule has 2 aromatic heterocycles. The Morgan fingerprint density at radius 2 is 2.15 bits per heavy atom. The van der Waals surface area contributed by atoms with Gasteiger partial charge in [0.25, 0.3) is 10.0 Å². The summed E-state index contributed by atoms with van der Waals surface area (Å²) in [6.45, 7) is 4.96. The van der Waals surface area contributed by atoms with Gasteiger partial charge in [-0.05, 0) is 42.8 Å². The Balaban J connectivity index is 1.80. The smallest absolute Gasteiger partial charge is 0.252 e. The number of hydrogen-bond acceptors (Lipinski definition) is 4. The second kappa shape index (κ2) is 4.98. The number of aromatic nitrogens is 2. The number of thiophene rings is 1. The molecule has 1 fully saturated rings. The molecule has 1 atom stereocenters. The van der Waals surface area contributed by atoms with Gasteiger partial charge in [-0.2, -0.15) is 9.40 Å². The Bertz CT molecular complexity index is 718. The summed E-state index contributed by atoms with van der Waals surface area (Å²) in [6.07, 6.45) is 4.58. The molecule has 2 aromatic rings. The summed E-state index contributed by atoms with van der Waals surface area (Å²) in [5.41, 5.74) is 2.09. The normalized spacial score (nSPS) is 20.6. The highest BCUT2D eigenvalue weighted by Crippen LogP contribution is 2.29. The molecular weight excluding hydrogens is 294 g/mol. The van der Waals surface area contributed by atoms with Gasteiger partial charge in [0.05, 0.1) is 12.2 Å². The third kappa shape index (κ3) is 2.41. The molecule has 1 aliphatic rings. The fourth-order valence-electron chi connectivity index (χ4n) is 2.45. The molecule has 0 bridgehead atoms. The van der Waals surface area contributed by atoms with Crippen LogP contribution in [-0.4, -0.2) is 35.6 Å². The molecule has 0 saturated carbocycles. The summed E-state index contributed by atoms with van der Waals surface area (Å²) in [7, 11) is -3.34. The molecule has 1 aliphatic heterocycles. The van der Waals surface area contributed by atoms with Crippen molar-refractivity contribution >= 4 is 21.4 Å². The van der Waals surface area contributed by atoms with Gasteiger partial charge in [-0.25, -0.2) is 8.42 Å². The third-order valence-corrected chi connectivity index (χ3v) is 6.93. The summed E-state index contributed by atoms with van der Waals surface area (Å²) in [5, 5.41) is 6.16. The molecule has 1 unspecified atom stereocenters. The summed E-state index contributed by atoms with van der Waals surface area (Å²) in [4.78, 5) is 0. The van der Waals surface area contributed by atoms with Crippen LogP contribution in [0, 0.1) is 13.8 Å². The van der Waals surface area contributed by atoms with Crippen molar-refractivity contribution in [2.24, 2.45) is 0 Å².